The number of hydrogen-bond donors (Lipinski definition) is 0. The van der Waals surface area contributed by atoms with Gasteiger partial charge in [-0.25, -0.2) is 0 Å². The molecule has 0 N–H and O–H groups in total. The van der Waals surface area contributed by atoms with Crippen LogP contribution in [0, 0.1) is 0 Å². The van der Waals surface area contributed by atoms with E-state index >= 15 is 0 Å². The maximum absolute atomic E-state index is 2.37. The Morgan fingerprint density at radius 2 is 1.90 bits per heavy atom. The molecule has 0 aliphatic carbocycles. The molecule has 0 radical (unpaired) electrons. The molecule has 0 aromatic heterocycles. The van der Waals surface area contributed by atoms with Crippen LogP contribution in [0.5, 0.6) is 0 Å². The Balaban J connectivity index is 3.58. The molecule has 1 atom stereocenters. The van der Waals surface area contributed by atoms with E-state index in [0.717, 1.165) is 0 Å². The molecular weight excluding hydrogens is 140 g/mol. The summed E-state index contributed by atoms with van der Waals surface area (Å²) in [5.74, 6) is 0. The lowest BCUT2D eigenvalue weighted by Gasteiger charge is -2.25. The second kappa shape index (κ2) is 5.06. The van der Waals surface area contributed by atoms with E-state index < -0.39 is 0 Å². The van der Waals surface area contributed by atoms with Gasteiger partial charge >= 0.3 is 0 Å². The van der Waals surface area contributed by atoms with Crippen molar-refractivity contribution in [2.24, 2.45) is 0 Å². The van der Waals surface area contributed by atoms with Crippen LogP contribution in [-0.4, -0.2) is 11.0 Å². The number of rotatable bonds is 5. The standard InChI is InChI=1S/C9H20S/c1-5-7-8-9(3,6-2)10-4/h5-8H2,1-4H3. The fourth-order valence-electron chi connectivity index (χ4n) is 0.974. The highest BCUT2D eigenvalue weighted by Gasteiger charge is 2.18. The van der Waals surface area contributed by atoms with Gasteiger partial charge in [-0.15, -0.1) is 0 Å². The first-order chi connectivity index (χ1) is 4.68. The van der Waals surface area contributed by atoms with E-state index in [-0.39, 0.29) is 0 Å². The lowest BCUT2D eigenvalue weighted by Crippen LogP contribution is -2.17. The minimum atomic E-state index is 0.552. The van der Waals surface area contributed by atoms with Crippen molar-refractivity contribution in [1.29, 1.82) is 0 Å². The molecule has 0 aliphatic heterocycles. The van der Waals surface area contributed by atoms with Crippen LogP contribution in [0.2, 0.25) is 0 Å². The molecule has 0 aliphatic rings. The Labute approximate surface area is 69.8 Å². The first kappa shape index (κ1) is 10.3. The molecule has 62 valence electrons. The van der Waals surface area contributed by atoms with Crippen molar-refractivity contribution in [2.75, 3.05) is 6.26 Å². The molecule has 0 aromatic rings. The maximum atomic E-state index is 2.37. The average molecular weight is 160 g/mol. The highest BCUT2D eigenvalue weighted by Crippen LogP contribution is 2.31. The third-order valence-corrected chi connectivity index (χ3v) is 3.78. The van der Waals surface area contributed by atoms with Crippen LogP contribution in [0.4, 0.5) is 0 Å². The molecule has 0 amide bonds. The molecule has 0 spiro atoms. The van der Waals surface area contributed by atoms with Crippen molar-refractivity contribution in [1.82, 2.24) is 0 Å². The van der Waals surface area contributed by atoms with Crippen LogP contribution in [0.1, 0.15) is 46.5 Å². The molecule has 10 heavy (non-hydrogen) atoms. The Morgan fingerprint density at radius 3 is 2.20 bits per heavy atom. The number of hydrogen-bond acceptors (Lipinski definition) is 1. The fourth-order valence-corrected chi connectivity index (χ4v) is 1.61. The predicted octanol–water partition coefficient (Wildman–Crippen LogP) is 3.71. The normalized spacial score (nSPS) is 16.8. The summed E-state index contributed by atoms with van der Waals surface area (Å²) < 4.78 is 0.552. The van der Waals surface area contributed by atoms with Crippen LogP contribution in [0.3, 0.4) is 0 Å². The fraction of sp³-hybridized carbons (Fsp3) is 1.00. The van der Waals surface area contributed by atoms with Crippen molar-refractivity contribution >= 4 is 11.8 Å². The molecule has 0 aromatic carbocycles. The quantitative estimate of drug-likeness (QED) is 0.591. The molecule has 0 nitrogen and oxygen atoms in total. The summed E-state index contributed by atoms with van der Waals surface area (Å²) in [7, 11) is 0. The predicted molar refractivity (Wildman–Crippen MR) is 51.7 cm³/mol. The SMILES string of the molecule is CCCCC(C)(CC)SC. The summed E-state index contributed by atoms with van der Waals surface area (Å²) in [6, 6.07) is 0. The molecule has 1 unspecified atom stereocenters. The van der Waals surface area contributed by atoms with E-state index in [1.807, 2.05) is 11.8 Å². The van der Waals surface area contributed by atoms with Crippen LogP contribution < -0.4 is 0 Å². The lowest BCUT2D eigenvalue weighted by molar-refractivity contribution is 0.539. The Hall–Kier alpha value is 0.350. The molecule has 0 bridgehead atoms. The van der Waals surface area contributed by atoms with Gasteiger partial charge in [0.1, 0.15) is 0 Å². The number of thioether (sulfide) groups is 1. The van der Waals surface area contributed by atoms with Gasteiger partial charge in [0, 0.05) is 4.75 Å². The van der Waals surface area contributed by atoms with Gasteiger partial charge in [0.15, 0.2) is 0 Å². The molecular formula is C9H20S. The summed E-state index contributed by atoms with van der Waals surface area (Å²) in [5, 5.41) is 0. The number of unbranched alkanes of at least 4 members (excludes halogenated alkanes) is 1. The largest absolute Gasteiger partial charge is 0.159 e. The molecule has 0 saturated heterocycles. The van der Waals surface area contributed by atoms with Crippen molar-refractivity contribution in [3.63, 3.8) is 0 Å². The van der Waals surface area contributed by atoms with E-state index in [0.29, 0.717) is 4.75 Å². The second-order valence-corrected chi connectivity index (χ2v) is 4.50. The first-order valence-electron chi connectivity index (χ1n) is 4.23. The Morgan fingerprint density at radius 1 is 1.30 bits per heavy atom. The van der Waals surface area contributed by atoms with Gasteiger partial charge in [-0.05, 0) is 19.1 Å². The molecule has 0 heterocycles. The molecule has 1 heteroatoms. The summed E-state index contributed by atoms with van der Waals surface area (Å²) in [4.78, 5) is 0. The second-order valence-electron chi connectivity index (χ2n) is 3.11. The van der Waals surface area contributed by atoms with E-state index in [4.69, 9.17) is 0 Å². The van der Waals surface area contributed by atoms with Gasteiger partial charge in [0.25, 0.3) is 0 Å². The third-order valence-electron chi connectivity index (χ3n) is 2.30. The summed E-state index contributed by atoms with van der Waals surface area (Å²) in [5.41, 5.74) is 0. The molecule has 0 fully saturated rings. The van der Waals surface area contributed by atoms with Crippen molar-refractivity contribution in [3.8, 4) is 0 Å². The minimum absolute atomic E-state index is 0.552. The van der Waals surface area contributed by atoms with Crippen LogP contribution in [-0.2, 0) is 0 Å². The first-order valence-corrected chi connectivity index (χ1v) is 5.46. The minimum Gasteiger partial charge on any atom is -0.159 e. The van der Waals surface area contributed by atoms with Crippen LogP contribution in [0.15, 0.2) is 0 Å². The van der Waals surface area contributed by atoms with E-state index in [2.05, 4.69) is 27.0 Å². The monoisotopic (exact) mass is 160 g/mol. The average Bonchev–Trinajstić information content (AvgIpc) is 2.00. The summed E-state index contributed by atoms with van der Waals surface area (Å²) in [6.45, 7) is 6.91. The van der Waals surface area contributed by atoms with Gasteiger partial charge in [-0.3, -0.25) is 0 Å². The highest BCUT2D eigenvalue weighted by atomic mass is 32.2. The van der Waals surface area contributed by atoms with Gasteiger partial charge in [0.2, 0.25) is 0 Å². The summed E-state index contributed by atoms with van der Waals surface area (Å²) >= 11 is 2.01. The zero-order valence-corrected chi connectivity index (χ0v) is 8.55. The lowest BCUT2D eigenvalue weighted by atomic mass is 10.0. The van der Waals surface area contributed by atoms with Gasteiger partial charge in [-0.1, -0.05) is 33.6 Å². The third kappa shape index (κ3) is 3.50. The van der Waals surface area contributed by atoms with Gasteiger partial charge in [0.05, 0.1) is 0 Å². The van der Waals surface area contributed by atoms with Crippen molar-refractivity contribution in [2.45, 2.75) is 51.2 Å². The smallest absolute Gasteiger partial charge is 0.0126 e. The highest BCUT2D eigenvalue weighted by molar-refractivity contribution is 7.99. The molecule has 0 saturated carbocycles. The van der Waals surface area contributed by atoms with Crippen molar-refractivity contribution < 1.29 is 0 Å². The molecule has 0 rings (SSSR count). The van der Waals surface area contributed by atoms with E-state index in [1.165, 1.54) is 25.7 Å². The van der Waals surface area contributed by atoms with Crippen molar-refractivity contribution in [3.05, 3.63) is 0 Å². The van der Waals surface area contributed by atoms with E-state index in [1.54, 1.807) is 0 Å². The van der Waals surface area contributed by atoms with Crippen LogP contribution >= 0.6 is 11.8 Å². The zero-order valence-electron chi connectivity index (χ0n) is 7.74. The van der Waals surface area contributed by atoms with Gasteiger partial charge < -0.3 is 0 Å². The Kier molecular flexibility index (Phi) is 5.24. The Bertz CT molecular complexity index is 74.8. The maximum Gasteiger partial charge on any atom is 0.0126 e. The summed E-state index contributed by atoms with van der Waals surface area (Å²) in [6.07, 6.45) is 7.61. The van der Waals surface area contributed by atoms with Crippen LogP contribution in [0.25, 0.3) is 0 Å². The zero-order chi connectivity index (χ0) is 8.04. The van der Waals surface area contributed by atoms with E-state index in [9.17, 15) is 0 Å². The topological polar surface area (TPSA) is 0 Å². The van der Waals surface area contributed by atoms with Gasteiger partial charge in [-0.2, -0.15) is 11.8 Å².